The van der Waals surface area contributed by atoms with Crippen LogP contribution in [0.1, 0.15) is 23.2 Å². The highest BCUT2D eigenvalue weighted by atomic mass is 35.5. The third-order valence-electron chi connectivity index (χ3n) is 3.51. The van der Waals surface area contributed by atoms with E-state index in [0.29, 0.717) is 11.3 Å². The van der Waals surface area contributed by atoms with E-state index in [-0.39, 0.29) is 30.3 Å². The van der Waals surface area contributed by atoms with Gasteiger partial charge in [-0.05, 0) is 37.6 Å². The van der Waals surface area contributed by atoms with Gasteiger partial charge in [0.15, 0.2) is 0 Å². The number of halogens is 1. The number of carbonyl (C=O) groups is 2. The minimum Gasteiger partial charge on any atom is -0.348 e. The van der Waals surface area contributed by atoms with Crippen molar-refractivity contribution in [3.63, 3.8) is 0 Å². The molecule has 3 N–H and O–H groups in total. The predicted octanol–water partition coefficient (Wildman–Crippen LogP) is 1.63. The Labute approximate surface area is 134 Å². The molecule has 1 fully saturated rings. The zero-order chi connectivity index (χ0) is 13.9. The van der Waals surface area contributed by atoms with E-state index in [1.807, 2.05) is 12.1 Å². The predicted molar refractivity (Wildman–Crippen MR) is 86.4 cm³/mol. The summed E-state index contributed by atoms with van der Waals surface area (Å²) in [5.41, 5.74) is 1.33. The Morgan fingerprint density at radius 1 is 1.38 bits per heavy atom. The van der Waals surface area contributed by atoms with Gasteiger partial charge in [-0.1, -0.05) is 0 Å². The summed E-state index contributed by atoms with van der Waals surface area (Å²) in [6.07, 6.45) is 2.10. The van der Waals surface area contributed by atoms with Crippen molar-refractivity contribution in [2.45, 2.75) is 23.8 Å². The fraction of sp³-hybridized carbons (Fsp3) is 0.429. The van der Waals surface area contributed by atoms with Crippen molar-refractivity contribution in [1.82, 2.24) is 10.6 Å². The Morgan fingerprint density at radius 3 is 3.00 bits per heavy atom. The Balaban J connectivity index is 0.00000161. The largest absolute Gasteiger partial charge is 0.348 e. The molecule has 0 radical (unpaired) electrons. The first-order valence-corrected chi connectivity index (χ1v) is 7.79. The Kier molecular flexibility index (Phi) is 5.50. The fourth-order valence-corrected chi connectivity index (χ4v) is 3.26. The number of piperidine rings is 1. The van der Waals surface area contributed by atoms with Gasteiger partial charge in [0, 0.05) is 23.0 Å². The maximum Gasteiger partial charge on any atom is 0.251 e. The molecule has 2 amide bonds. The normalized spacial score (nSPS) is 20.8. The quantitative estimate of drug-likeness (QED) is 0.772. The third-order valence-corrected chi connectivity index (χ3v) is 4.58. The summed E-state index contributed by atoms with van der Waals surface area (Å²) in [4.78, 5) is 24.6. The van der Waals surface area contributed by atoms with Gasteiger partial charge in [-0.25, -0.2) is 0 Å². The standard InChI is InChI=1S/C14H17N3O2S.ClH/c18-13-8-20-12-4-3-9(6-11(12)17-13)14(19)16-10-2-1-5-15-7-10;/h3-4,6,10,15H,1-2,5,7-8H2,(H,16,19)(H,17,18);1H/t10-;/m0./s1. The van der Waals surface area contributed by atoms with Crippen molar-refractivity contribution in [2.75, 3.05) is 24.2 Å². The van der Waals surface area contributed by atoms with E-state index in [9.17, 15) is 9.59 Å². The first-order chi connectivity index (χ1) is 9.72. The number of hydrogen-bond donors (Lipinski definition) is 3. The second kappa shape index (κ2) is 7.15. The molecule has 0 bridgehead atoms. The minimum absolute atomic E-state index is 0. The van der Waals surface area contributed by atoms with Gasteiger partial charge in [0.05, 0.1) is 11.4 Å². The molecule has 2 aliphatic heterocycles. The van der Waals surface area contributed by atoms with E-state index in [4.69, 9.17) is 0 Å². The number of rotatable bonds is 2. The van der Waals surface area contributed by atoms with Crippen LogP contribution in [0.3, 0.4) is 0 Å². The first kappa shape index (κ1) is 16.1. The van der Waals surface area contributed by atoms with Crippen LogP contribution in [-0.2, 0) is 4.79 Å². The van der Waals surface area contributed by atoms with Gasteiger partial charge in [0.25, 0.3) is 5.91 Å². The molecule has 21 heavy (non-hydrogen) atoms. The number of carbonyl (C=O) groups excluding carboxylic acids is 2. The zero-order valence-corrected chi connectivity index (χ0v) is 13.1. The van der Waals surface area contributed by atoms with E-state index >= 15 is 0 Å². The SMILES string of the molecule is Cl.O=C1CSc2ccc(C(=O)N[C@H]3CCCNC3)cc2N1. The molecular weight excluding hydrogens is 310 g/mol. The van der Waals surface area contributed by atoms with Gasteiger partial charge in [-0.3, -0.25) is 9.59 Å². The zero-order valence-electron chi connectivity index (χ0n) is 11.5. The molecule has 1 atom stereocenters. The topological polar surface area (TPSA) is 70.2 Å². The summed E-state index contributed by atoms with van der Waals surface area (Å²) in [6.45, 7) is 1.84. The lowest BCUT2D eigenvalue weighted by molar-refractivity contribution is -0.113. The number of hydrogen-bond acceptors (Lipinski definition) is 4. The molecule has 1 saturated heterocycles. The molecule has 1 aromatic rings. The summed E-state index contributed by atoms with van der Waals surface area (Å²) in [5, 5.41) is 9.11. The molecular formula is C14H18ClN3O2S. The number of amides is 2. The van der Waals surface area contributed by atoms with Crippen molar-refractivity contribution in [1.29, 1.82) is 0 Å². The minimum atomic E-state index is -0.0775. The van der Waals surface area contributed by atoms with Crippen molar-refractivity contribution < 1.29 is 9.59 Å². The fourth-order valence-electron chi connectivity index (χ4n) is 2.47. The maximum absolute atomic E-state index is 12.2. The van der Waals surface area contributed by atoms with Crippen LogP contribution in [0.2, 0.25) is 0 Å². The van der Waals surface area contributed by atoms with Crippen LogP contribution in [0.25, 0.3) is 0 Å². The van der Waals surface area contributed by atoms with Crippen LogP contribution in [0.4, 0.5) is 5.69 Å². The highest BCUT2D eigenvalue weighted by Crippen LogP contribution is 2.31. The number of anilines is 1. The van der Waals surface area contributed by atoms with Crippen molar-refractivity contribution in [2.24, 2.45) is 0 Å². The molecule has 0 unspecified atom stereocenters. The van der Waals surface area contributed by atoms with Crippen molar-refractivity contribution in [3.05, 3.63) is 23.8 Å². The van der Waals surface area contributed by atoms with Crippen LogP contribution in [0.15, 0.2) is 23.1 Å². The summed E-state index contributed by atoms with van der Waals surface area (Å²) >= 11 is 1.50. The van der Waals surface area contributed by atoms with E-state index in [1.165, 1.54) is 11.8 Å². The third kappa shape index (κ3) is 3.90. The molecule has 1 aromatic carbocycles. The molecule has 0 spiro atoms. The molecule has 7 heteroatoms. The summed E-state index contributed by atoms with van der Waals surface area (Å²) in [5.74, 6) is 0.342. The molecule has 2 heterocycles. The second-order valence-corrected chi connectivity index (χ2v) is 6.08. The van der Waals surface area contributed by atoms with Crippen LogP contribution >= 0.6 is 24.2 Å². The number of nitrogens with one attached hydrogen (secondary N) is 3. The molecule has 3 rings (SSSR count). The first-order valence-electron chi connectivity index (χ1n) is 6.80. The van der Waals surface area contributed by atoms with E-state index in [0.717, 1.165) is 36.5 Å². The van der Waals surface area contributed by atoms with Crippen LogP contribution < -0.4 is 16.0 Å². The molecule has 5 nitrogen and oxygen atoms in total. The number of benzene rings is 1. The van der Waals surface area contributed by atoms with Gasteiger partial charge in [-0.2, -0.15) is 0 Å². The van der Waals surface area contributed by atoms with Crippen molar-refractivity contribution in [3.8, 4) is 0 Å². The number of fused-ring (bicyclic) bond motifs is 1. The maximum atomic E-state index is 12.2. The molecule has 0 aromatic heterocycles. The highest BCUT2D eigenvalue weighted by molar-refractivity contribution is 8.00. The molecule has 2 aliphatic rings. The Bertz CT molecular complexity index is 547. The summed E-state index contributed by atoms with van der Waals surface area (Å²) in [6, 6.07) is 5.66. The summed E-state index contributed by atoms with van der Waals surface area (Å²) < 4.78 is 0. The van der Waals surface area contributed by atoms with Crippen LogP contribution in [0, 0.1) is 0 Å². The Hall–Kier alpha value is -1.24. The van der Waals surface area contributed by atoms with Gasteiger partial charge in [0.1, 0.15) is 0 Å². The van der Waals surface area contributed by atoms with E-state index < -0.39 is 0 Å². The summed E-state index contributed by atoms with van der Waals surface area (Å²) in [7, 11) is 0. The number of thioether (sulfide) groups is 1. The Morgan fingerprint density at radius 2 is 2.24 bits per heavy atom. The molecule has 114 valence electrons. The lowest BCUT2D eigenvalue weighted by Gasteiger charge is -2.24. The highest BCUT2D eigenvalue weighted by Gasteiger charge is 2.19. The van der Waals surface area contributed by atoms with E-state index in [2.05, 4.69) is 16.0 Å². The molecule has 0 aliphatic carbocycles. The monoisotopic (exact) mass is 327 g/mol. The van der Waals surface area contributed by atoms with E-state index in [1.54, 1.807) is 6.07 Å². The molecule has 0 saturated carbocycles. The second-order valence-electron chi connectivity index (χ2n) is 5.06. The van der Waals surface area contributed by atoms with Gasteiger partial charge < -0.3 is 16.0 Å². The van der Waals surface area contributed by atoms with Gasteiger partial charge in [0.2, 0.25) is 5.91 Å². The van der Waals surface area contributed by atoms with Gasteiger partial charge in [-0.15, -0.1) is 24.2 Å². The average Bonchev–Trinajstić information content (AvgIpc) is 2.47. The van der Waals surface area contributed by atoms with Crippen LogP contribution in [-0.4, -0.2) is 36.7 Å². The van der Waals surface area contributed by atoms with Crippen LogP contribution in [0.5, 0.6) is 0 Å². The lowest BCUT2D eigenvalue weighted by atomic mass is 10.1. The van der Waals surface area contributed by atoms with Gasteiger partial charge >= 0.3 is 0 Å². The lowest BCUT2D eigenvalue weighted by Crippen LogP contribution is -2.45. The average molecular weight is 328 g/mol. The van der Waals surface area contributed by atoms with Crippen molar-refractivity contribution >= 4 is 41.7 Å². The smallest absolute Gasteiger partial charge is 0.251 e.